The standard InChI is InChI=1S/C27H22O3/c1-27(2,3)17-6-5-15-10-20-22-14-25-21(13-26(22)29-23(20)11-16(15)9-17)19-8-7-18(28-4)12-24(19)30-25/h5-14H,1-4H3. The van der Waals surface area contributed by atoms with E-state index in [4.69, 9.17) is 13.6 Å². The van der Waals surface area contributed by atoms with Crippen molar-refractivity contribution in [3.63, 3.8) is 0 Å². The van der Waals surface area contributed by atoms with Crippen molar-refractivity contribution in [3.8, 4) is 5.75 Å². The second-order valence-electron chi connectivity index (χ2n) is 9.07. The molecule has 0 spiro atoms. The number of benzene rings is 4. The van der Waals surface area contributed by atoms with E-state index in [0.29, 0.717) is 0 Å². The zero-order chi connectivity index (χ0) is 20.6. The van der Waals surface area contributed by atoms with Crippen molar-refractivity contribution >= 4 is 54.6 Å². The molecular weight excluding hydrogens is 372 g/mol. The summed E-state index contributed by atoms with van der Waals surface area (Å²) in [6.45, 7) is 6.72. The average molecular weight is 394 g/mol. The predicted molar refractivity (Wildman–Crippen MR) is 124 cm³/mol. The molecule has 0 fully saturated rings. The number of methoxy groups -OCH3 is 1. The van der Waals surface area contributed by atoms with Crippen LogP contribution < -0.4 is 4.74 Å². The third-order valence-corrected chi connectivity index (χ3v) is 6.10. The lowest BCUT2D eigenvalue weighted by molar-refractivity contribution is 0.414. The summed E-state index contributed by atoms with van der Waals surface area (Å²) < 4.78 is 17.8. The van der Waals surface area contributed by atoms with E-state index in [1.807, 2.05) is 18.2 Å². The van der Waals surface area contributed by atoms with Gasteiger partial charge in [0.25, 0.3) is 0 Å². The van der Waals surface area contributed by atoms with Crippen LogP contribution in [0.3, 0.4) is 0 Å². The van der Waals surface area contributed by atoms with Crippen LogP contribution in [0.2, 0.25) is 0 Å². The summed E-state index contributed by atoms with van der Waals surface area (Å²) in [5, 5.41) is 6.72. The summed E-state index contributed by atoms with van der Waals surface area (Å²) in [7, 11) is 1.66. The number of ether oxygens (including phenoxy) is 1. The molecule has 0 unspecified atom stereocenters. The number of furan rings is 2. The molecule has 0 radical (unpaired) electrons. The first-order valence-corrected chi connectivity index (χ1v) is 10.2. The quantitative estimate of drug-likeness (QED) is 0.284. The van der Waals surface area contributed by atoms with Crippen LogP contribution in [-0.4, -0.2) is 7.11 Å². The molecular formula is C27H22O3. The third kappa shape index (κ3) is 2.45. The Morgan fingerprint density at radius 1 is 0.600 bits per heavy atom. The summed E-state index contributed by atoms with van der Waals surface area (Å²) >= 11 is 0. The molecule has 3 heteroatoms. The molecule has 2 aromatic heterocycles. The van der Waals surface area contributed by atoms with Gasteiger partial charge >= 0.3 is 0 Å². The highest BCUT2D eigenvalue weighted by Gasteiger charge is 2.17. The zero-order valence-electron chi connectivity index (χ0n) is 17.5. The van der Waals surface area contributed by atoms with E-state index >= 15 is 0 Å². The van der Waals surface area contributed by atoms with E-state index in [9.17, 15) is 0 Å². The van der Waals surface area contributed by atoms with Gasteiger partial charge in [-0.15, -0.1) is 0 Å². The lowest BCUT2D eigenvalue weighted by atomic mass is 9.86. The summed E-state index contributed by atoms with van der Waals surface area (Å²) in [6, 6.07) is 21.2. The number of rotatable bonds is 1. The number of fused-ring (bicyclic) bond motifs is 7. The molecule has 30 heavy (non-hydrogen) atoms. The maximum absolute atomic E-state index is 6.29. The minimum Gasteiger partial charge on any atom is -0.497 e. The van der Waals surface area contributed by atoms with Gasteiger partial charge in [-0.1, -0.05) is 39.0 Å². The first kappa shape index (κ1) is 17.4. The van der Waals surface area contributed by atoms with E-state index < -0.39 is 0 Å². The topological polar surface area (TPSA) is 35.5 Å². The van der Waals surface area contributed by atoms with Gasteiger partial charge in [0.05, 0.1) is 7.11 Å². The Morgan fingerprint density at radius 2 is 1.23 bits per heavy atom. The van der Waals surface area contributed by atoms with E-state index in [1.54, 1.807) is 7.11 Å². The van der Waals surface area contributed by atoms with Crippen LogP contribution >= 0.6 is 0 Å². The van der Waals surface area contributed by atoms with Crippen molar-refractivity contribution in [1.29, 1.82) is 0 Å². The smallest absolute Gasteiger partial charge is 0.139 e. The van der Waals surface area contributed by atoms with Gasteiger partial charge in [-0.2, -0.15) is 0 Å². The fraction of sp³-hybridized carbons (Fsp3) is 0.185. The Morgan fingerprint density at radius 3 is 1.93 bits per heavy atom. The van der Waals surface area contributed by atoms with Crippen LogP contribution in [0.4, 0.5) is 0 Å². The monoisotopic (exact) mass is 394 g/mol. The maximum atomic E-state index is 6.29. The highest BCUT2D eigenvalue weighted by molar-refractivity contribution is 6.16. The van der Waals surface area contributed by atoms with E-state index in [0.717, 1.165) is 49.6 Å². The van der Waals surface area contributed by atoms with Gasteiger partial charge < -0.3 is 13.6 Å². The van der Waals surface area contributed by atoms with Crippen LogP contribution in [0, 0.1) is 0 Å². The first-order valence-electron chi connectivity index (χ1n) is 10.2. The van der Waals surface area contributed by atoms with Gasteiger partial charge in [0, 0.05) is 27.6 Å². The van der Waals surface area contributed by atoms with Crippen molar-refractivity contribution in [2.45, 2.75) is 26.2 Å². The zero-order valence-corrected chi connectivity index (χ0v) is 17.5. The third-order valence-electron chi connectivity index (χ3n) is 6.10. The Labute approximate surface area is 173 Å². The predicted octanol–water partition coefficient (Wildman–Crippen LogP) is 7.94. The fourth-order valence-corrected chi connectivity index (χ4v) is 4.36. The molecule has 0 N–H and O–H groups in total. The minimum atomic E-state index is 0.116. The molecule has 0 atom stereocenters. The summed E-state index contributed by atoms with van der Waals surface area (Å²) in [5.74, 6) is 0.789. The molecule has 0 saturated heterocycles. The van der Waals surface area contributed by atoms with E-state index in [1.165, 1.54) is 16.3 Å². The van der Waals surface area contributed by atoms with Gasteiger partial charge in [-0.3, -0.25) is 0 Å². The highest BCUT2D eigenvalue weighted by Crippen LogP contribution is 2.39. The molecule has 0 aliphatic carbocycles. The van der Waals surface area contributed by atoms with Crippen LogP contribution in [0.5, 0.6) is 5.75 Å². The lowest BCUT2D eigenvalue weighted by Gasteiger charge is -2.19. The molecule has 0 aliphatic rings. The normalized spacial score (nSPS) is 12.7. The highest BCUT2D eigenvalue weighted by atomic mass is 16.5. The molecule has 2 heterocycles. The summed E-state index contributed by atoms with van der Waals surface area (Å²) in [6.07, 6.45) is 0. The Bertz CT molecular complexity index is 1610. The van der Waals surface area contributed by atoms with Crippen molar-refractivity contribution in [1.82, 2.24) is 0 Å². The maximum Gasteiger partial charge on any atom is 0.139 e. The Kier molecular flexibility index (Phi) is 3.36. The average Bonchev–Trinajstić information content (AvgIpc) is 3.25. The second kappa shape index (κ2) is 5.79. The van der Waals surface area contributed by atoms with E-state index in [-0.39, 0.29) is 5.41 Å². The number of hydrogen-bond acceptors (Lipinski definition) is 3. The molecule has 3 nitrogen and oxygen atoms in total. The summed E-state index contributed by atoms with van der Waals surface area (Å²) in [5.41, 5.74) is 4.90. The Hall–Kier alpha value is -3.46. The molecule has 0 amide bonds. The SMILES string of the molecule is COc1ccc2c(c1)oc1cc3c(cc12)oc1cc2cc(C(C)(C)C)ccc2cc13. The molecule has 148 valence electrons. The molecule has 0 aliphatic heterocycles. The largest absolute Gasteiger partial charge is 0.497 e. The first-order chi connectivity index (χ1) is 14.4. The van der Waals surface area contributed by atoms with Crippen molar-refractivity contribution < 1.29 is 13.6 Å². The lowest BCUT2D eigenvalue weighted by Crippen LogP contribution is -2.10. The van der Waals surface area contributed by atoms with Gasteiger partial charge in [0.1, 0.15) is 28.1 Å². The fourth-order valence-electron chi connectivity index (χ4n) is 4.36. The van der Waals surface area contributed by atoms with E-state index in [2.05, 4.69) is 63.2 Å². The minimum absolute atomic E-state index is 0.116. The molecule has 6 rings (SSSR count). The van der Waals surface area contributed by atoms with Gasteiger partial charge in [-0.25, -0.2) is 0 Å². The second-order valence-corrected chi connectivity index (χ2v) is 9.07. The molecule has 6 aromatic rings. The summed E-state index contributed by atoms with van der Waals surface area (Å²) in [4.78, 5) is 0. The molecule has 0 bridgehead atoms. The van der Waals surface area contributed by atoms with Crippen molar-refractivity contribution in [3.05, 3.63) is 66.2 Å². The Balaban J connectivity index is 1.63. The molecule has 0 saturated carbocycles. The van der Waals surface area contributed by atoms with Crippen molar-refractivity contribution in [2.75, 3.05) is 7.11 Å². The van der Waals surface area contributed by atoms with Crippen molar-refractivity contribution in [2.24, 2.45) is 0 Å². The number of hydrogen-bond donors (Lipinski definition) is 0. The van der Waals surface area contributed by atoms with Crippen LogP contribution in [0.1, 0.15) is 26.3 Å². The molecule has 4 aromatic carbocycles. The van der Waals surface area contributed by atoms with Crippen LogP contribution in [0.25, 0.3) is 54.6 Å². The van der Waals surface area contributed by atoms with Gasteiger partial charge in [-0.05, 0) is 58.1 Å². The van der Waals surface area contributed by atoms with Crippen LogP contribution in [0.15, 0.2) is 69.5 Å². The van der Waals surface area contributed by atoms with Gasteiger partial charge in [0.2, 0.25) is 0 Å². The van der Waals surface area contributed by atoms with Gasteiger partial charge in [0.15, 0.2) is 0 Å². The van der Waals surface area contributed by atoms with Crippen LogP contribution in [-0.2, 0) is 5.41 Å².